The SMILES string of the molecule is CCCC[C@H](C(=O)OC)N1c2c(OC)cccc2[C@H](C)CC1(C)C. The van der Waals surface area contributed by atoms with Gasteiger partial charge in [0.2, 0.25) is 0 Å². The molecule has 4 heteroatoms. The van der Waals surface area contributed by atoms with E-state index in [1.54, 1.807) is 7.11 Å². The zero-order valence-electron chi connectivity index (χ0n) is 15.9. The first kappa shape index (κ1) is 18.6. The number of ether oxygens (including phenoxy) is 2. The van der Waals surface area contributed by atoms with Crippen molar-refractivity contribution in [3.8, 4) is 5.75 Å². The maximum Gasteiger partial charge on any atom is 0.328 e. The normalized spacial score (nSPS) is 20.2. The number of methoxy groups -OCH3 is 2. The molecular formula is C20H31NO3. The molecule has 4 nitrogen and oxygen atoms in total. The fourth-order valence-corrected chi connectivity index (χ4v) is 4.08. The van der Waals surface area contributed by atoms with Crippen molar-refractivity contribution < 1.29 is 14.3 Å². The standard InChI is InChI=1S/C20H31NO3/c1-7-8-11-16(19(22)24-6)21-18-15(10-9-12-17(18)23-5)14(2)13-20(21,3)4/h9-10,12,14,16H,7-8,11,13H2,1-6H3/t14-,16-/m1/s1. The fourth-order valence-electron chi connectivity index (χ4n) is 4.08. The van der Waals surface area contributed by atoms with E-state index in [0.29, 0.717) is 5.92 Å². The number of para-hydroxylation sites is 1. The van der Waals surface area contributed by atoms with Crippen molar-refractivity contribution in [1.82, 2.24) is 0 Å². The molecule has 0 unspecified atom stereocenters. The lowest BCUT2D eigenvalue weighted by Gasteiger charge is -2.50. The molecule has 0 saturated carbocycles. The molecule has 0 radical (unpaired) electrons. The molecule has 0 bridgehead atoms. The van der Waals surface area contributed by atoms with Crippen molar-refractivity contribution in [2.45, 2.75) is 70.9 Å². The van der Waals surface area contributed by atoms with Crippen LogP contribution in [0.5, 0.6) is 5.75 Å². The van der Waals surface area contributed by atoms with Gasteiger partial charge in [0.1, 0.15) is 11.8 Å². The molecular weight excluding hydrogens is 302 g/mol. The van der Waals surface area contributed by atoms with Gasteiger partial charge in [-0.3, -0.25) is 0 Å². The highest BCUT2D eigenvalue weighted by molar-refractivity contribution is 5.83. The van der Waals surface area contributed by atoms with Crippen LogP contribution in [0, 0.1) is 0 Å². The summed E-state index contributed by atoms with van der Waals surface area (Å²) in [6, 6.07) is 5.88. The molecule has 2 atom stereocenters. The number of carbonyl (C=O) groups is 1. The van der Waals surface area contributed by atoms with E-state index in [-0.39, 0.29) is 17.6 Å². The van der Waals surface area contributed by atoms with E-state index >= 15 is 0 Å². The molecule has 1 aliphatic rings. The van der Waals surface area contributed by atoms with Crippen LogP contribution >= 0.6 is 0 Å². The molecule has 0 aromatic heterocycles. The van der Waals surface area contributed by atoms with Crippen LogP contribution in [-0.2, 0) is 9.53 Å². The van der Waals surface area contributed by atoms with Crippen LogP contribution in [0.1, 0.15) is 64.9 Å². The minimum absolute atomic E-state index is 0.145. The Morgan fingerprint density at radius 2 is 2.08 bits per heavy atom. The topological polar surface area (TPSA) is 38.8 Å². The van der Waals surface area contributed by atoms with E-state index in [0.717, 1.165) is 37.1 Å². The zero-order valence-corrected chi connectivity index (χ0v) is 15.9. The van der Waals surface area contributed by atoms with Gasteiger partial charge in [-0.15, -0.1) is 0 Å². The summed E-state index contributed by atoms with van der Waals surface area (Å²) in [6.45, 7) is 8.81. The van der Waals surface area contributed by atoms with Gasteiger partial charge in [-0.1, -0.05) is 38.8 Å². The van der Waals surface area contributed by atoms with Crippen LogP contribution < -0.4 is 9.64 Å². The smallest absolute Gasteiger partial charge is 0.328 e. The molecule has 0 saturated heterocycles. The summed E-state index contributed by atoms with van der Waals surface area (Å²) in [5.41, 5.74) is 2.16. The third-order valence-corrected chi connectivity index (χ3v) is 5.10. The summed E-state index contributed by atoms with van der Waals surface area (Å²) in [6.07, 6.45) is 3.83. The first-order valence-corrected chi connectivity index (χ1v) is 8.91. The molecule has 0 amide bonds. The lowest BCUT2D eigenvalue weighted by Crippen LogP contribution is -2.56. The van der Waals surface area contributed by atoms with Crippen molar-refractivity contribution in [2.24, 2.45) is 0 Å². The first-order chi connectivity index (χ1) is 11.4. The number of esters is 1. The van der Waals surface area contributed by atoms with Crippen LogP contribution in [0.15, 0.2) is 18.2 Å². The number of fused-ring (bicyclic) bond motifs is 1. The summed E-state index contributed by atoms with van der Waals surface area (Å²) in [4.78, 5) is 14.8. The first-order valence-electron chi connectivity index (χ1n) is 8.91. The van der Waals surface area contributed by atoms with E-state index in [2.05, 4.69) is 38.7 Å². The number of nitrogens with zero attached hydrogens (tertiary/aromatic N) is 1. The van der Waals surface area contributed by atoms with Crippen molar-refractivity contribution in [2.75, 3.05) is 19.1 Å². The number of benzene rings is 1. The Morgan fingerprint density at radius 3 is 2.67 bits per heavy atom. The van der Waals surface area contributed by atoms with Gasteiger partial charge in [-0.05, 0) is 44.2 Å². The number of rotatable bonds is 6. The second-order valence-corrected chi connectivity index (χ2v) is 7.37. The van der Waals surface area contributed by atoms with Crippen LogP contribution in [0.25, 0.3) is 0 Å². The predicted molar refractivity (Wildman–Crippen MR) is 97.9 cm³/mol. The average molecular weight is 333 g/mol. The summed E-state index contributed by atoms with van der Waals surface area (Å²) >= 11 is 0. The van der Waals surface area contributed by atoms with Gasteiger partial charge < -0.3 is 14.4 Å². The molecule has 1 heterocycles. The molecule has 134 valence electrons. The minimum Gasteiger partial charge on any atom is -0.495 e. The average Bonchev–Trinajstić information content (AvgIpc) is 2.55. The predicted octanol–water partition coefficient (Wildman–Crippen LogP) is 4.52. The number of hydrogen-bond donors (Lipinski definition) is 0. The molecule has 24 heavy (non-hydrogen) atoms. The van der Waals surface area contributed by atoms with E-state index in [1.165, 1.54) is 12.7 Å². The van der Waals surface area contributed by atoms with Crippen LogP contribution in [0.3, 0.4) is 0 Å². The van der Waals surface area contributed by atoms with Crippen molar-refractivity contribution in [3.05, 3.63) is 23.8 Å². The van der Waals surface area contributed by atoms with Crippen LogP contribution in [-0.4, -0.2) is 31.8 Å². The summed E-state index contributed by atoms with van der Waals surface area (Å²) in [5.74, 6) is 1.09. The zero-order chi connectivity index (χ0) is 17.9. The van der Waals surface area contributed by atoms with Crippen LogP contribution in [0.2, 0.25) is 0 Å². The van der Waals surface area contributed by atoms with E-state index in [1.807, 2.05) is 12.1 Å². The highest BCUT2D eigenvalue weighted by Crippen LogP contribution is 2.49. The van der Waals surface area contributed by atoms with Gasteiger partial charge in [0, 0.05) is 5.54 Å². The molecule has 0 aliphatic carbocycles. The van der Waals surface area contributed by atoms with Crippen molar-refractivity contribution >= 4 is 11.7 Å². The third-order valence-electron chi connectivity index (χ3n) is 5.10. The van der Waals surface area contributed by atoms with Crippen molar-refractivity contribution in [1.29, 1.82) is 0 Å². The Hall–Kier alpha value is -1.71. The van der Waals surface area contributed by atoms with Gasteiger partial charge in [0.25, 0.3) is 0 Å². The lowest BCUT2D eigenvalue weighted by molar-refractivity contribution is -0.142. The van der Waals surface area contributed by atoms with Crippen molar-refractivity contribution in [3.63, 3.8) is 0 Å². The molecule has 0 fully saturated rings. The summed E-state index contributed by atoms with van der Waals surface area (Å²) < 4.78 is 10.8. The number of anilines is 1. The third kappa shape index (κ3) is 3.38. The lowest BCUT2D eigenvalue weighted by atomic mass is 9.78. The maximum atomic E-state index is 12.6. The highest BCUT2D eigenvalue weighted by atomic mass is 16.5. The maximum absolute atomic E-state index is 12.6. The van der Waals surface area contributed by atoms with Gasteiger partial charge in [0.05, 0.1) is 19.9 Å². The summed E-state index contributed by atoms with van der Waals surface area (Å²) in [5, 5.41) is 0. The Bertz CT molecular complexity index is 582. The van der Waals surface area contributed by atoms with Gasteiger partial charge in [-0.25, -0.2) is 4.79 Å². The quantitative estimate of drug-likeness (QED) is 0.718. The number of hydrogen-bond acceptors (Lipinski definition) is 4. The highest BCUT2D eigenvalue weighted by Gasteiger charge is 2.44. The second-order valence-electron chi connectivity index (χ2n) is 7.37. The van der Waals surface area contributed by atoms with E-state index < -0.39 is 0 Å². The molecule has 1 aromatic carbocycles. The van der Waals surface area contributed by atoms with Gasteiger partial charge in [0.15, 0.2) is 0 Å². The Morgan fingerprint density at radius 1 is 1.38 bits per heavy atom. The Balaban J connectivity index is 2.60. The summed E-state index contributed by atoms with van der Waals surface area (Å²) in [7, 11) is 3.17. The van der Waals surface area contributed by atoms with Gasteiger partial charge >= 0.3 is 5.97 Å². The molecule has 1 aromatic rings. The molecule has 0 spiro atoms. The fraction of sp³-hybridized carbons (Fsp3) is 0.650. The monoisotopic (exact) mass is 333 g/mol. The van der Waals surface area contributed by atoms with Crippen LogP contribution in [0.4, 0.5) is 5.69 Å². The number of carbonyl (C=O) groups excluding carboxylic acids is 1. The molecule has 1 aliphatic heterocycles. The second kappa shape index (κ2) is 7.45. The minimum atomic E-state index is -0.285. The Labute approximate surface area is 146 Å². The largest absolute Gasteiger partial charge is 0.495 e. The molecule has 2 rings (SSSR count). The Kier molecular flexibility index (Phi) is 5.79. The van der Waals surface area contributed by atoms with E-state index in [4.69, 9.17) is 9.47 Å². The van der Waals surface area contributed by atoms with E-state index in [9.17, 15) is 4.79 Å². The number of unbranched alkanes of at least 4 members (excludes halogenated alkanes) is 1. The molecule has 0 N–H and O–H groups in total. The van der Waals surface area contributed by atoms with Gasteiger partial charge in [-0.2, -0.15) is 0 Å².